The zero-order valence-corrected chi connectivity index (χ0v) is 17.3. The molecule has 1 amide bonds. The normalized spacial score (nSPS) is 11.0. The number of amides is 1. The van der Waals surface area contributed by atoms with Crippen molar-refractivity contribution in [1.82, 2.24) is 19.9 Å². The molecular weight excluding hydrogens is 399 g/mol. The van der Waals surface area contributed by atoms with Crippen molar-refractivity contribution in [1.29, 1.82) is 0 Å². The molecular formula is C23H21FN4OS. The maximum absolute atomic E-state index is 14.0. The van der Waals surface area contributed by atoms with Gasteiger partial charge in [0.15, 0.2) is 5.16 Å². The Labute approximate surface area is 178 Å². The fraction of sp³-hybridized carbons (Fsp3) is 0.174. The van der Waals surface area contributed by atoms with E-state index in [1.807, 2.05) is 43.3 Å². The number of halogens is 1. The van der Waals surface area contributed by atoms with Crippen LogP contribution in [0.4, 0.5) is 4.39 Å². The molecule has 1 N–H and O–H groups in total. The largest absolute Gasteiger partial charge is 0.352 e. The number of imidazole rings is 1. The third kappa shape index (κ3) is 4.36. The van der Waals surface area contributed by atoms with Gasteiger partial charge in [0.1, 0.15) is 5.82 Å². The number of pyridine rings is 1. The lowest BCUT2D eigenvalue weighted by atomic mass is 10.1. The first-order valence-corrected chi connectivity index (χ1v) is 10.7. The van der Waals surface area contributed by atoms with E-state index in [1.54, 1.807) is 24.5 Å². The molecule has 0 bridgehead atoms. The quantitative estimate of drug-likeness (QED) is 0.442. The van der Waals surface area contributed by atoms with Gasteiger partial charge in [-0.3, -0.25) is 9.78 Å². The van der Waals surface area contributed by atoms with Gasteiger partial charge in [-0.25, -0.2) is 9.37 Å². The smallest absolute Gasteiger partial charge is 0.251 e. The number of carbonyl (C=O) groups excluding carboxylic acids is 1. The van der Waals surface area contributed by atoms with Gasteiger partial charge < -0.3 is 9.88 Å². The number of rotatable bonds is 7. The minimum Gasteiger partial charge on any atom is -0.352 e. The molecule has 0 radical (unpaired) electrons. The molecule has 2 heterocycles. The van der Waals surface area contributed by atoms with Gasteiger partial charge in [0.2, 0.25) is 0 Å². The lowest BCUT2D eigenvalue weighted by Crippen LogP contribution is -2.22. The molecule has 7 heteroatoms. The maximum atomic E-state index is 14.0. The van der Waals surface area contributed by atoms with E-state index in [1.165, 1.54) is 17.8 Å². The summed E-state index contributed by atoms with van der Waals surface area (Å²) >= 11 is 1.49. The highest BCUT2D eigenvalue weighted by atomic mass is 32.2. The van der Waals surface area contributed by atoms with Gasteiger partial charge in [-0.1, -0.05) is 42.1 Å². The van der Waals surface area contributed by atoms with Crippen molar-refractivity contribution >= 4 is 28.7 Å². The number of benzene rings is 2. The van der Waals surface area contributed by atoms with Crippen molar-refractivity contribution in [3.8, 4) is 0 Å². The molecule has 0 fully saturated rings. The monoisotopic (exact) mass is 420 g/mol. The summed E-state index contributed by atoms with van der Waals surface area (Å²) in [5.74, 6) is 0.192. The Morgan fingerprint density at radius 1 is 1.13 bits per heavy atom. The third-order valence-electron chi connectivity index (χ3n) is 4.72. The third-order valence-corrected chi connectivity index (χ3v) is 5.75. The molecule has 152 valence electrons. The van der Waals surface area contributed by atoms with Crippen LogP contribution in [0.3, 0.4) is 0 Å². The Bertz CT molecular complexity index is 1170. The number of nitrogens with zero attached hydrogens (tertiary/aromatic N) is 3. The van der Waals surface area contributed by atoms with E-state index in [0.29, 0.717) is 30.0 Å². The van der Waals surface area contributed by atoms with Gasteiger partial charge in [0.05, 0.1) is 23.8 Å². The zero-order chi connectivity index (χ0) is 20.9. The molecule has 0 aliphatic rings. The molecule has 0 atom stereocenters. The van der Waals surface area contributed by atoms with E-state index in [-0.39, 0.29) is 11.7 Å². The summed E-state index contributed by atoms with van der Waals surface area (Å²) in [6, 6.07) is 16.2. The van der Waals surface area contributed by atoms with Crippen LogP contribution in [0, 0.1) is 5.82 Å². The average Bonchev–Trinajstić information content (AvgIpc) is 3.11. The molecule has 4 rings (SSSR count). The van der Waals surface area contributed by atoms with E-state index >= 15 is 0 Å². The lowest BCUT2D eigenvalue weighted by molar-refractivity contribution is 0.0956. The molecule has 0 aliphatic heterocycles. The van der Waals surface area contributed by atoms with Crippen LogP contribution >= 0.6 is 11.8 Å². The molecule has 4 aromatic rings. The van der Waals surface area contributed by atoms with Crippen LogP contribution in [0.2, 0.25) is 0 Å². The maximum Gasteiger partial charge on any atom is 0.251 e. The SMILES string of the molecule is CCNC(=O)c1ccc(Cn2c(SCc3ccccc3F)nc3ccncc32)cc1. The van der Waals surface area contributed by atoms with Crippen molar-refractivity contribution in [3.05, 3.63) is 89.5 Å². The number of nitrogens with one attached hydrogen (secondary N) is 1. The molecule has 0 unspecified atom stereocenters. The van der Waals surface area contributed by atoms with Crippen LogP contribution in [0.5, 0.6) is 0 Å². The Kier molecular flexibility index (Phi) is 6.09. The Morgan fingerprint density at radius 3 is 2.70 bits per heavy atom. The topological polar surface area (TPSA) is 59.8 Å². The average molecular weight is 421 g/mol. The molecule has 0 spiro atoms. The first-order chi connectivity index (χ1) is 14.7. The molecule has 30 heavy (non-hydrogen) atoms. The first kappa shape index (κ1) is 20.1. The summed E-state index contributed by atoms with van der Waals surface area (Å²) in [6.07, 6.45) is 3.50. The van der Waals surface area contributed by atoms with Crippen LogP contribution in [-0.2, 0) is 12.3 Å². The van der Waals surface area contributed by atoms with E-state index < -0.39 is 0 Å². The summed E-state index contributed by atoms with van der Waals surface area (Å²) in [4.78, 5) is 20.9. The predicted molar refractivity (Wildman–Crippen MR) is 117 cm³/mol. The highest BCUT2D eigenvalue weighted by Crippen LogP contribution is 2.28. The fourth-order valence-corrected chi connectivity index (χ4v) is 4.18. The van der Waals surface area contributed by atoms with E-state index in [9.17, 15) is 9.18 Å². The van der Waals surface area contributed by atoms with Crippen LogP contribution < -0.4 is 5.32 Å². The van der Waals surface area contributed by atoms with E-state index in [0.717, 1.165) is 21.8 Å². The molecule has 0 saturated heterocycles. The number of aromatic nitrogens is 3. The standard InChI is InChI=1S/C23H21FN4OS/c1-2-26-22(29)17-9-7-16(8-10-17)14-28-21-13-25-12-11-20(21)27-23(28)30-15-18-5-3-4-6-19(18)24/h3-13H,2,14-15H2,1H3,(H,26,29). The molecule has 5 nitrogen and oxygen atoms in total. The van der Waals surface area contributed by atoms with Gasteiger partial charge in [0.25, 0.3) is 5.91 Å². The van der Waals surface area contributed by atoms with Gasteiger partial charge in [0, 0.05) is 24.1 Å². The number of carbonyl (C=O) groups is 1. The summed E-state index contributed by atoms with van der Waals surface area (Å²) in [5.41, 5.74) is 4.08. The van der Waals surface area contributed by atoms with Crippen LogP contribution in [0.15, 0.2) is 72.1 Å². The summed E-state index contributed by atoms with van der Waals surface area (Å²) < 4.78 is 16.1. The first-order valence-electron chi connectivity index (χ1n) is 9.69. The zero-order valence-electron chi connectivity index (χ0n) is 16.5. The van der Waals surface area contributed by atoms with Gasteiger partial charge in [-0.15, -0.1) is 0 Å². The van der Waals surface area contributed by atoms with Crippen molar-refractivity contribution in [2.24, 2.45) is 0 Å². The minimum atomic E-state index is -0.213. The number of hydrogen-bond donors (Lipinski definition) is 1. The highest BCUT2D eigenvalue weighted by Gasteiger charge is 2.13. The molecule has 2 aromatic heterocycles. The molecule has 0 saturated carbocycles. The summed E-state index contributed by atoms with van der Waals surface area (Å²) in [7, 11) is 0. The van der Waals surface area contributed by atoms with Crippen LogP contribution in [0.1, 0.15) is 28.4 Å². The second-order valence-electron chi connectivity index (χ2n) is 6.78. The van der Waals surface area contributed by atoms with Gasteiger partial charge >= 0.3 is 0 Å². The van der Waals surface area contributed by atoms with Crippen molar-refractivity contribution in [3.63, 3.8) is 0 Å². The second-order valence-corrected chi connectivity index (χ2v) is 7.72. The van der Waals surface area contributed by atoms with Gasteiger partial charge in [-0.2, -0.15) is 0 Å². The Balaban J connectivity index is 1.60. The summed E-state index contributed by atoms with van der Waals surface area (Å²) in [6.45, 7) is 3.07. The summed E-state index contributed by atoms with van der Waals surface area (Å²) in [5, 5.41) is 3.60. The van der Waals surface area contributed by atoms with E-state index in [2.05, 4.69) is 14.9 Å². The van der Waals surface area contributed by atoms with Crippen molar-refractivity contribution < 1.29 is 9.18 Å². The Hall–Kier alpha value is -3.19. The van der Waals surface area contributed by atoms with Gasteiger partial charge in [-0.05, 0) is 42.3 Å². The predicted octanol–water partition coefficient (Wildman–Crippen LogP) is 4.66. The second kappa shape index (κ2) is 9.09. The van der Waals surface area contributed by atoms with Crippen molar-refractivity contribution in [2.45, 2.75) is 24.4 Å². The number of hydrogen-bond acceptors (Lipinski definition) is 4. The van der Waals surface area contributed by atoms with E-state index in [4.69, 9.17) is 4.98 Å². The highest BCUT2D eigenvalue weighted by molar-refractivity contribution is 7.98. The van der Waals surface area contributed by atoms with Crippen LogP contribution in [-0.4, -0.2) is 27.0 Å². The fourth-order valence-electron chi connectivity index (χ4n) is 3.18. The minimum absolute atomic E-state index is 0.0811. The number of thioether (sulfide) groups is 1. The van der Waals surface area contributed by atoms with Crippen molar-refractivity contribution in [2.75, 3.05) is 6.54 Å². The van der Waals surface area contributed by atoms with Crippen LogP contribution in [0.25, 0.3) is 11.0 Å². The lowest BCUT2D eigenvalue weighted by Gasteiger charge is -2.10. The number of fused-ring (bicyclic) bond motifs is 1. The molecule has 0 aliphatic carbocycles. The Morgan fingerprint density at radius 2 is 1.93 bits per heavy atom. The molecule has 2 aromatic carbocycles.